The topological polar surface area (TPSA) is 110 Å². The van der Waals surface area contributed by atoms with Crippen LogP contribution >= 0.6 is 0 Å². The van der Waals surface area contributed by atoms with E-state index in [0.717, 1.165) is 49.4 Å². The Labute approximate surface area is 197 Å². The van der Waals surface area contributed by atoms with Gasteiger partial charge in [0, 0.05) is 49.2 Å². The summed E-state index contributed by atoms with van der Waals surface area (Å²) in [5, 5.41) is 16.8. The van der Waals surface area contributed by atoms with Crippen molar-refractivity contribution in [1.29, 1.82) is 5.26 Å². The smallest absolute Gasteiger partial charge is 0.187 e. The van der Waals surface area contributed by atoms with Gasteiger partial charge in [0.15, 0.2) is 5.76 Å². The maximum Gasteiger partial charge on any atom is 0.187 e. The second kappa shape index (κ2) is 10.3. The van der Waals surface area contributed by atoms with Crippen molar-refractivity contribution in [3.63, 3.8) is 0 Å². The molecule has 0 spiro atoms. The molecule has 4 heterocycles. The van der Waals surface area contributed by atoms with E-state index in [1.807, 2.05) is 18.2 Å². The largest absolute Gasteiger partial charge is 0.381 e. The van der Waals surface area contributed by atoms with E-state index in [1.54, 1.807) is 18.6 Å². The zero-order valence-electron chi connectivity index (χ0n) is 18.6. The molecule has 1 saturated heterocycles. The standard InChI is InChI=1S/C26H24N6O2/c27-9-5-22-13-20(6-10-29-22)24-16-28-17-25(31-24)26-14-23(32-34-26)19-3-1-18(2-4-19)15-30-21-7-11-33-12-8-21/h1-4,6,10,13-14,16-17,21,30H,5,7-8,11-12,15H2. The van der Waals surface area contributed by atoms with Gasteiger partial charge in [0.1, 0.15) is 11.4 Å². The average Bonchev–Trinajstić information content (AvgIpc) is 3.39. The number of hydrogen-bond acceptors (Lipinski definition) is 8. The lowest BCUT2D eigenvalue weighted by molar-refractivity contribution is 0.0776. The molecule has 8 nitrogen and oxygen atoms in total. The maximum atomic E-state index is 8.92. The number of ether oxygens (including phenoxy) is 1. The highest BCUT2D eigenvalue weighted by molar-refractivity contribution is 5.67. The molecule has 1 aliphatic rings. The predicted molar refractivity (Wildman–Crippen MR) is 126 cm³/mol. The number of nitrogens with one attached hydrogen (secondary N) is 1. The van der Waals surface area contributed by atoms with E-state index in [0.29, 0.717) is 28.9 Å². The van der Waals surface area contributed by atoms with Gasteiger partial charge in [0.25, 0.3) is 0 Å². The SMILES string of the molecule is N#CCc1cc(-c2cncc(-c3cc(-c4ccc(CNC5CCOCC5)cc4)no3)n2)ccn1. The molecule has 5 rings (SSSR count). The van der Waals surface area contributed by atoms with Gasteiger partial charge in [-0.2, -0.15) is 5.26 Å². The molecule has 4 aromatic rings. The van der Waals surface area contributed by atoms with E-state index in [1.165, 1.54) is 5.56 Å². The quantitative estimate of drug-likeness (QED) is 0.444. The summed E-state index contributed by atoms with van der Waals surface area (Å²) in [4.78, 5) is 13.2. The van der Waals surface area contributed by atoms with E-state index < -0.39 is 0 Å². The van der Waals surface area contributed by atoms with Crippen LogP contribution in [0.1, 0.15) is 24.1 Å². The third-order valence-corrected chi connectivity index (χ3v) is 5.84. The molecular formula is C26H24N6O2. The maximum absolute atomic E-state index is 8.92. The lowest BCUT2D eigenvalue weighted by atomic mass is 10.1. The van der Waals surface area contributed by atoms with Crippen LogP contribution in [0.5, 0.6) is 0 Å². The normalized spacial score (nSPS) is 14.1. The molecule has 0 atom stereocenters. The van der Waals surface area contributed by atoms with Crippen molar-refractivity contribution in [2.75, 3.05) is 13.2 Å². The van der Waals surface area contributed by atoms with E-state index in [4.69, 9.17) is 14.5 Å². The van der Waals surface area contributed by atoms with Crippen molar-refractivity contribution >= 4 is 0 Å². The first-order valence-electron chi connectivity index (χ1n) is 11.3. The highest BCUT2D eigenvalue weighted by Crippen LogP contribution is 2.26. The molecule has 34 heavy (non-hydrogen) atoms. The molecule has 1 aliphatic heterocycles. The predicted octanol–water partition coefficient (Wildman–Crippen LogP) is 4.20. The van der Waals surface area contributed by atoms with E-state index >= 15 is 0 Å². The minimum absolute atomic E-state index is 0.247. The zero-order chi connectivity index (χ0) is 23.2. The van der Waals surface area contributed by atoms with Crippen molar-refractivity contribution in [2.45, 2.75) is 31.8 Å². The summed E-state index contributed by atoms with van der Waals surface area (Å²) in [5.41, 5.74) is 5.76. The molecule has 1 aromatic carbocycles. The molecule has 0 saturated carbocycles. The Morgan fingerprint density at radius 3 is 2.62 bits per heavy atom. The van der Waals surface area contributed by atoms with Crippen LogP contribution in [0, 0.1) is 11.3 Å². The Morgan fingerprint density at radius 1 is 0.971 bits per heavy atom. The van der Waals surface area contributed by atoms with Gasteiger partial charge < -0.3 is 14.6 Å². The molecule has 170 valence electrons. The van der Waals surface area contributed by atoms with Gasteiger partial charge in [-0.25, -0.2) is 4.98 Å². The third-order valence-electron chi connectivity index (χ3n) is 5.84. The van der Waals surface area contributed by atoms with Crippen LogP contribution in [-0.2, 0) is 17.7 Å². The van der Waals surface area contributed by atoms with Gasteiger partial charge in [0.2, 0.25) is 0 Å². The van der Waals surface area contributed by atoms with Crippen LogP contribution in [0.3, 0.4) is 0 Å². The van der Waals surface area contributed by atoms with Gasteiger partial charge in [-0.15, -0.1) is 0 Å². The number of rotatable bonds is 7. The first-order valence-corrected chi connectivity index (χ1v) is 11.3. The summed E-state index contributed by atoms with van der Waals surface area (Å²) in [6.45, 7) is 2.51. The minimum Gasteiger partial charge on any atom is -0.381 e. The van der Waals surface area contributed by atoms with Gasteiger partial charge in [-0.3, -0.25) is 9.97 Å². The molecule has 0 amide bonds. The molecule has 3 aromatic heterocycles. The Morgan fingerprint density at radius 2 is 1.79 bits per heavy atom. The Kier molecular flexibility index (Phi) is 6.66. The monoisotopic (exact) mass is 452 g/mol. The van der Waals surface area contributed by atoms with Gasteiger partial charge in [0.05, 0.1) is 36.3 Å². The number of hydrogen-bond donors (Lipinski definition) is 1. The number of nitrogens with zero attached hydrogens (tertiary/aromatic N) is 5. The molecule has 0 radical (unpaired) electrons. The van der Waals surface area contributed by atoms with Gasteiger partial charge >= 0.3 is 0 Å². The summed E-state index contributed by atoms with van der Waals surface area (Å²) in [5.74, 6) is 0.543. The van der Waals surface area contributed by atoms with Crippen molar-refractivity contribution in [2.24, 2.45) is 0 Å². The van der Waals surface area contributed by atoms with E-state index in [-0.39, 0.29) is 6.42 Å². The first kappa shape index (κ1) is 21.9. The lowest BCUT2D eigenvalue weighted by Crippen LogP contribution is -2.34. The van der Waals surface area contributed by atoms with Crippen LogP contribution in [-0.4, -0.2) is 39.4 Å². The van der Waals surface area contributed by atoms with Crippen molar-refractivity contribution in [3.8, 4) is 40.0 Å². The van der Waals surface area contributed by atoms with Crippen molar-refractivity contribution in [3.05, 3.63) is 72.3 Å². The Balaban J connectivity index is 1.29. The first-order chi connectivity index (χ1) is 16.8. The lowest BCUT2D eigenvalue weighted by Gasteiger charge is -2.23. The second-order valence-electron chi connectivity index (χ2n) is 8.20. The summed E-state index contributed by atoms with van der Waals surface area (Å²) < 4.78 is 11.0. The number of benzene rings is 1. The summed E-state index contributed by atoms with van der Waals surface area (Å²) in [6.07, 6.45) is 7.37. The van der Waals surface area contributed by atoms with Crippen LogP contribution in [0.25, 0.3) is 34.0 Å². The fourth-order valence-electron chi connectivity index (χ4n) is 3.93. The fourth-order valence-corrected chi connectivity index (χ4v) is 3.93. The summed E-state index contributed by atoms with van der Waals surface area (Å²) in [6, 6.07) is 16.5. The number of nitriles is 1. The minimum atomic E-state index is 0.247. The van der Waals surface area contributed by atoms with E-state index in [9.17, 15) is 0 Å². The molecule has 0 aliphatic carbocycles. The van der Waals surface area contributed by atoms with Crippen LogP contribution in [0.2, 0.25) is 0 Å². The van der Waals surface area contributed by atoms with Crippen LogP contribution < -0.4 is 5.32 Å². The average molecular weight is 453 g/mol. The van der Waals surface area contributed by atoms with E-state index in [2.05, 4.69) is 55.8 Å². The van der Waals surface area contributed by atoms with Crippen molar-refractivity contribution in [1.82, 2.24) is 25.4 Å². The molecule has 1 fully saturated rings. The zero-order valence-corrected chi connectivity index (χ0v) is 18.6. The summed E-state index contributed by atoms with van der Waals surface area (Å²) >= 11 is 0. The number of pyridine rings is 1. The van der Waals surface area contributed by atoms with Crippen molar-refractivity contribution < 1.29 is 9.26 Å². The molecule has 1 N–H and O–H groups in total. The Bertz CT molecular complexity index is 1290. The molecular weight excluding hydrogens is 428 g/mol. The molecule has 0 bridgehead atoms. The second-order valence-corrected chi connectivity index (χ2v) is 8.20. The highest BCUT2D eigenvalue weighted by atomic mass is 16.5. The Hall–Kier alpha value is -3.93. The number of aromatic nitrogens is 4. The third kappa shape index (κ3) is 5.17. The summed E-state index contributed by atoms with van der Waals surface area (Å²) in [7, 11) is 0. The van der Waals surface area contributed by atoms with Crippen LogP contribution in [0.15, 0.2) is 65.6 Å². The van der Waals surface area contributed by atoms with Gasteiger partial charge in [-0.1, -0.05) is 29.4 Å². The molecule has 8 heteroatoms. The fraction of sp³-hybridized carbons (Fsp3) is 0.269. The molecule has 0 unspecified atom stereocenters. The van der Waals surface area contributed by atoms with Gasteiger partial charge in [-0.05, 0) is 30.5 Å². The highest BCUT2D eigenvalue weighted by Gasteiger charge is 2.14. The van der Waals surface area contributed by atoms with Crippen LogP contribution in [0.4, 0.5) is 0 Å².